The Morgan fingerprint density at radius 1 is 1.20 bits per heavy atom. The van der Waals surface area contributed by atoms with E-state index < -0.39 is 24.1 Å². The summed E-state index contributed by atoms with van der Waals surface area (Å²) in [5, 5.41) is 27.4. The van der Waals surface area contributed by atoms with Gasteiger partial charge in [0.1, 0.15) is 0 Å². The van der Waals surface area contributed by atoms with Gasteiger partial charge in [-0.1, -0.05) is 15.9 Å². The zero-order valence-corrected chi connectivity index (χ0v) is 12.6. The van der Waals surface area contributed by atoms with Gasteiger partial charge in [0.05, 0.1) is 0 Å². The zero-order valence-electron chi connectivity index (χ0n) is 10.2. The lowest BCUT2D eigenvalue weighted by molar-refractivity contribution is -0.157. The molecule has 0 aliphatic heterocycles. The van der Waals surface area contributed by atoms with Gasteiger partial charge < -0.3 is 20.2 Å². The smallest absolute Gasteiger partial charge is 0.335 e. The number of aliphatic hydroxyl groups is 2. The van der Waals surface area contributed by atoms with Gasteiger partial charge >= 0.3 is 5.97 Å². The molecule has 1 amide bonds. The number of aliphatic carboxylic acids is 1. The first-order valence-electron chi connectivity index (χ1n) is 5.60. The molecule has 0 saturated carbocycles. The van der Waals surface area contributed by atoms with E-state index in [1.165, 1.54) is 0 Å². The van der Waals surface area contributed by atoms with E-state index in [0.29, 0.717) is 5.69 Å². The molecule has 2 atom stereocenters. The van der Waals surface area contributed by atoms with Gasteiger partial charge in [-0.3, -0.25) is 4.79 Å². The molecule has 0 saturated heterocycles. The van der Waals surface area contributed by atoms with Crippen molar-refractivity contribution in [3.05, 3.63) is 28.7 Å². The summed E-state index contributed by atoms with van der Waals surface area (Å²) < 4.78 is 0.797. The molecule has 0 aliphatic rings. The summed E-state index contributed by atoms with van der Waals surface area (Å²) in [6.45, 7) is 0.0748. The van der Waals surface area contributed by atoms with Crippen LogP contribution in [0, 0.1) is 0 Å². The second-order valence-electron chi connectivity index (χ2n) is 3.88. The van der Waals surface area contributed by atoms with Gasteiger partial charge in [-0.15, -0.1) is 11.6 Å². The molecule has 0 heterocycles. The van der Waals surface area contributed by atoms with E-state index in [-0.39, 0.29) is 12.4 Å². The van der Waals surface area contributed by atoms with E-state index in [1.54, 1.807) is 24.3 Å². The van der Waals surface area contributed by atoms with Gasteiger partial charge in [-0.25, -0.2) is 4.79 Å². The van der Waals surface area contributed by atoms with Crippen molar-refractivity contribution in [2.45, 2.75) is 12.2 Å². The molecular weight excluding hydrogens is 353 g/mol. The molecule has 0 radical (unpaired) electrons. The molecule has 0 fully saturated rings. The van der Waals surface area contributed by atoms with E-state index in [9.17, 15) is 19.8 Å². The number of aliphatic hydroxyl groups excluding tert-OH is 2. The van der Waals surface area contributed by atoms with Crippen molar-refractivity contribution in [2.24, 2.45) is 0 Å². The number of carbonyl (C=O) groups is 2. The number of hydrogen-bond donors (Lipinski definition) is 3. The second kappa shape index (κ2) is 7.58. The second-order valence-corrected chi connectivity index (χ2v) is 5.18. The zero-order chi connectivity index (χ0) is 15.3. The molecule has 1 aromatic rings. The third kappa shape index (κ3) is 4.17. The largest absolute Gasteiger partial charge is 0.479 e. The highest BCUT2D eigenvalue weighted by molar-refractivity contribution is 9.10. The van der Waals surface area contributed by atoms with E-state index in [2.05, 4.69) is 15.9 Å². The fourth-order valence-electron chi connectivity index (χ4n) is 1.50. The summed E-state index contributed by atoms with van der Waals surface area (Å²) in [5.74, 6) is -2.51. The Hall–Kier alpha value is -1.15. The fourth-order valence-corrected chi connectivity index (χ4v) is 1.94. The fraction of sp³-hybridized carbons (Fsp3) is 0.333. The van der Waals surface area contributed by atoms with Crippen molar-refractivity contribution < 1.29 is 24.9 Å². The normalized spacial score (nSPS) is 13.6. The van der Waals surface area contributed by atoms with Gasteiger partial charge in [-0.2, -0.15) is 0 Å². The predicted octanol–water partition coefficient (Wildman–Crippen LogP) is 0.827. The quantitative estimate of drug-likeness (QED) is 0.648. The van der Waals surface area contributed by atoms with Crippen LogP contribution in [-0.2, 0) is 9.59 Å². The summed E-state index contributed by atoms with van der Waals surface area (Å²) >= 11 is 8.85. The average molecular weight is 367 g/mol. The molecule has 3 N–H and O–H groups in total. The number of anilines is 1. The average Bonchev–Trinajstić information content (AvgIpc) is 2.43. The Morgan fingerprint density at radius 3 is 2.20 bits per heavy atom. The van der Waals surface area contributed by atoms with Crippen molar-refractivity contribution in [3.63, 3.8) is 0 Å². The third-order valence-electron chi connectivity index (χ3n) is 2.52. The molecular formula is C12H13BrClNO5. The van der Waals surface area contributed by atoms with Gasteiger partial charge in [0.25, 0.3) is 5.91 Å². The number of rotatable bonds is 6. The molecule has 0 unspecified atom stereocenters. The maximum absolute atomic E-state index is 12.0. The van der Waals surface area contributed by atoms with Crippen molar-refractivity contribution in [2.75, 3.05) is 17.3 Å². The first kappa shape index (κ1) is 16.9. The van der Waals surface area contributed by atoms with Crippen LogP contribution in [0.25, 0.3) is 0 Å². The molecule has 20 heavy (non-hydrogen) atoms. The van der Waals surface area contributed by atoms with Crippen LogP contribution >= 0.6 is 27.5 Å². The molecule has 1 aromatic carbocycles. The molecule has 1 rings (SSSR count). The molecule has 0 aliphatic carbocycles. The Kier molecular flexibility index (Phi) is 6.41. The van der Waals surface area contributed by atoms with Crippen LogP contribution in [0.4, 0.5) is 5.69 Å². The standard InChI is InChI=1S/C12H13BrClNO5/c13-7-1-3-8(4-2-7)15(6-5-14)11(18)9(16)10(17)12(19)20/h1-4,9-10,16-17H,5-6H2,(H,19,20)/t9-,10-/m1/s1. The highest BCUT2D eigenvalue weighted by Gasteiger charge is 2.33. The molecule has 110 valence electrons. The van der Waals surface area contributed by atoms with Crippen LogP contribution in [0.3, 0.4) is 0 Å². The van der Waals surface area contributed by atoms with Crippen LogP contribution in [0.1, 0.15) is 0 Å². The molecule has 8 heteroatoms. The predicted molar refractivity (Wildman–Crippen MR) is 76.9 cm³/mol. The summed E-state index contributed by atoms with van der Waals surface area (Å²) in [4.78, 5) is 23.8. The van der Waals surface area contributed by atoms with Crippen LogP contribution in [0.2, 0.25) is 0 Å². The Morgan fingerprint density at radius 2 is 1.75 bits per heavy atom. The maximum Gasteiger partial charge on any atom is 0.335 e. The Balaban J connectivity index is 2.98. The minimum atomic E-state index is -2.18. The molecule has 0 spiro atoms. The van der Waals surface area contributed by atoms with Crippen LogP contribution in [-0.4, -0.2) is 51.8 Å². The van der Waals surface area contributed by atoms with Crippen molar-refractivity contribution in [3.8, 4) is 0 Å². The number of amides is 1. The Bertz CT molecular complexity index is 481. The minimum Gasteiger partial charge on any atom is -0.479 e. The topological polar surface area (TPSA) is 98.1 Å². The van der Waals surface area contributed by atoms with E-state index >= 15 is 0 Å². The monoisotopic (exact) mass is 365 g/mol. The van der Waals surface area contributed by atoms with E-state index in [4.69, 9.17) is 16.7 Å². The Labute approximate surface area is 128 Å². The van der Waals surface area contributed by atoms with E-state index in [0.717, 1.165) is 9.37 Å². The summed E-state index contributed by atoms with van der Waals surface area (Å²) in [6, 6.07) is 6.58. The number of halogens is 2. The summed E-state index contributed by atoms with van der Waals surface area (Å²) in [5.41, 5.74) is 0.440. The van der Waals surface area contributed by atoms with Crippen molar-refractivity contribution in [1.29, 1.82) is 0 Å². The summed E-state index contributed by atoms with van der Waals surface area (Å²) in [6.07, 6.45) is -4.24. The van der Waals surface area contributed by atoms with Crippen molar-refractivity contribution >= 4 is 45.1 Å². The third-order valence-corrected chi connectivity index (χ3v) is 3.22. The molecule has 0 aromatic heterocycles. The first-order valence-corrected chi connectivity index (χ1v) is 6.93. The number of carbonyl (C=O) groups excluding carboxylic acids is 1. The first-order chi connectivity index (χ1) is 9.38. The summed E-state index contributed by atoms with van der Waals surface area (Å²) in [7, 11) is 0. The van der Waals surface area contributed by atoms with Gasteiger partial charge in [0, 0.05) is 22.6 Å². The number of benzene rings is 1. The number of hydrogen-bond acceptors (Lipinski definition) is 4. The SMILES string of the molecule is O=C(O)[C@H](O)[C@@H](O)C(=O)N(CCCl)c1ccc(Br)cc1. The van der Waals surface area contributed by atoms with Crippen LogP contribution < -0.4 is 4.90 Å². The number of nitrogens with zero attached hydrogens (tertiary/aromatic N) is 1. The lowest BCUT2D eigenvalue weighted by Gasteiger charge is -2.25. The molecule has 6 nitrogen and oxygen atoms in total. The van der Waals surface area contributed by atoms with E-state index in [1.807, 2.05) is 0 Å². The molecule has 0 bridgehead atoms. The van der Waals surface area contributed by atoms with Gasteiger partial charge in [0.15, 0.2) is 12.2 Å². The van der Waals surface area contributed by atoms with Crippen LogP contribution in [0.15, 0.2) is 28.7 Å². The van der Waals surface area contributed by atoms with Gasteiger partial charge in [0.2, 0.25) is 0 Å². The number of alkyl halides is 1. The van der Waals surface area contributed by atoms with Crippen LogP contribution in [0.5, 0.6) is 0 Å². The highest BCUT2D eigenvalue weighted by atomic mass is 79.9. The number of carboxylic acids is 1. The number of carboxylic acid groups (broad SMARTS) is 1. The van der Waals surface area contributed by atoms with Crippen molar-refractivity contribution in [1.82, 2.24) is 0 Å². The lowest BCUT2D eigenvalue weighted by atomic mass is 10.1. The minimum absolute atomic E-state index is 0.0748. The van der Waals surface area contributed by atoms with Gasteiger partial charge in [-0.05, 0) is 24.3 Å². The lowest BCUT2D eigenvalue weighted by Crippen LogP contribution is -2.48. The maximum atomic E-state index is 12.0. The highest BCUT2D eigenvalue weighted by Crippen LogP contribution is 2.19.